The van der Waals surface area contributed by atoms with Crippen molar-refractivity contribution in [2.24, 2.45) is 0 Å². The Labute approximate surface area is 188 Å². The molecule has 9 heteroatoms. The lowest BCUT2D eigenvalue weighted by Crippen LogP contribution is -2.43. The van der Waals surface area contributed by atoms with Crippen LogP contribution in [0.15, 0.2) is 47.4 Å². The van der Waals surface area contributed by atoms with Gasteiger partial charge in [0.2, 0.25) is 15.9 Å². The van der Waals surface area contributed by atoms with Crippen molar-refractivity contribution in [1.82, 2.24) is 9.62 Å². The first-order valence-electron chi connectivity index (χ1n) is 10.8. The molecule has 7 nitrogen and oxygen atoms in total. The smallest absolute Gasteiger partial charge is 0.240 e. The lowest BCUT2D eigenvalue weighted by atomic mass is 10.0. The van der Waals surface area contributed by atoms with Gasteiger partial charge in [0.1, 0.15) is 5.82 Å². The molecule has 0 aromatic heterocycles. The van der Waals surface area contributed by atoms with Crippen LogP contribution in [-0.2, 0) is 26.0 Å². The molecule has 0 radical (unpaired) electrons. The van der Waals surface area contributed by atoms with Gasteiger partial charge in [-0.05, 0) is 54.8 Å². The van der Waals surface area contributed by atoms with Crippen LogP contribution in [0, 0.1) is 5.82 Å². The Kier molecular flexibility index (Phi) is 6.62. The fourth-order valence-electron chi connectivity index (χ4n) is 4.56. The van der Waals surface area contributed by atoms with Crippen molar-refractivity contribution in [2.75, 3.05) is 37.7 Å². The Morgan fingerprint density at radius 2 is 1.88 bits per heavy atom. The van der Waals surface area contributed by atoms with Crippen LogP contribution in [0.5, 0.6) is 0 Å². The van der Waals surface area contributed by atoms with Gasteiger partial charge in [-0.3, -0.25) is 9.69 Å². The standard InChI is InChI=1S/C23H28FN3O4S/c1-16-13-19-14-21(7-8-22(19)27(16)17(2)28)32(29,30)25-15-23(26-9-11-31-12-10-26)18-3-5-20(24)6-4-18/h3-8,14,16,23,25H,9-13,15H2,1-2H3/t16-,23+/m0/s1. The molecule has 0 saturated carbocycles. The number of ether oxygens (including phenoxy) is 1. The average molecular weight is 462 g/mol. The third-order valence-electron chi connectivity index (χ3n) is 6.12. The molecule has 4 rings (SSSR count). The van der Waals surface area contributed by atoms with Crippen LogP contribution in [0.3, 0.4) is 0 Å². The van der Waals surface area contributed by atoms with Crippen molar-refractivity contribution >= 4 is 21.6 Å². The number of fused-ring (bicyclic) bond motifs is 1. The first-order valence-corrected chi connectivity index (χ1v) is 12.2. The normalized spacial score (nSPS) is 20.2. The number of morpholine rings is 1. The van der Waals surface area contributed by atoms with Crippen molar-refractivity contribution in [1.29, 1.82) is 0 Å². The number of anilines is 1. The summed E-state index contributed by atoms with van der Waals surface area (Å²) in [6.45, 7) is 6.09. The molecular weight excluding hydrogens is 433 g/mol. The summed E-state index contributed by atoms with van der Waals surface area (Å²) in [7, 11) is -3.77. The minimum absolute atomic E-state index is 0.00223. The number of rotatable bonds is 6. The highest BCUT2D eigenvalue weighted by molar-refractivity contribution is 7.89. The van der Waals surface area contributed by atoms with Crippen LogP contribution in [0.2, 0.25) is 0 Å². The number of nitrogens with zero attached hydrogens (tertiary/aromatic N) is 2. The maximum absolute atomic E-state index is 13.4. The van der Waals surface area contributed by atoms with E-state index >= 15 is 0 Å². The van der Waals surface area contributed by atoms with Gasteiger partial charge < -0.3 is 9.64 Å². The van der Waals surface area contributed by atoms with Crippen LogP contribution in [0.4, 0.5) is 10.1 Å². The second-order valence-electron chi connectivity index (χ2n) is 8.30. The molecule has 2 aliphatic rings. The lowest BCUT2D eigenvalue weighted by molar-refractivity contribution is -0.116. The summed E-state index contributed by atoms with van der Waals surface area (Å²) in [6.07, 6.45) is 0.615. The monoisotopic (exact) mass is 461 g/mol. The van der Waals surface area contributed by atoms with Gasteiger partial charge in [-0.15, -0.1) is 0 Å². The number of nitrogens with one attached hydrogen (secondary N) is 1. The maximum Gasteiger partial charge on any atom is 0.240 e. The van der Waals surface area contributed by atoms with Gasteiger partial charge in [0.05, 0.1) is 18.1 Å². The van der Waals surface area contributed by atoms with Crippen molar-refractivity contribution in [3.05, 3.63) is 59.4 Å². The van der Waals surface area contributed by atoms with E-state index in [0.29, 0.717) is 32.7 Å². The zero-order valence-corrected chi connectivity index (χ0v) is 19.1. The molecule has 172 valence electrons. The van der Waals surface area contributed by atoms with Gasteiger partial charge >= 0.3 is 0 Å². The molecule has 0 aliphatic carbocycles. The van der Waals surface area contributed by atoms with Crippen LogP contribution < -0.4 is 9.62 Å². The summed E-state index contributed by atoms with van der Waals surface area (Å²) in [5.41, 5.74) is 2.45. The van der Waals surface area contributed by atoms with Gasteiger partial charge in [0, 0.05) is 44.3 Å². The molecule has 0 bridgehead atoms. The Morgan fingerprint density at radius 3 is 2.53 bits per heavy atom. The second-order valence-corrected chi connectivity index (χ2v) is 10.1. The number of amides is 1. The molecule has 2 aromatic rings. The van der Waals surface area contributed by atoms with Crippen molar-refractivity contribution < 1.29 is 22.3 Å². The number of hydrogen-bond acceptors (Lipinski definition) is 5. The van der Waals surface area contributed by atoms with Gasteiger partial charge in [-0.2, -0.15) is 0 Å². The third kappa shape index (κ3) is 4.71. The summed E-state index contributed by atoms with van der Waals surface area (Å²) in [5.74, 6) is -0.389. The van der Waals surface area contributed by atoms with Gasteiger partial charge in [-0.1, -0.05) is 12.1 Å². The van der Waals surface area contributed by atoms with E-state index in [4.69, 9.17) is 4.74 Å². The molecule has 32 heavy (non-hydrogen) atoms. The first-order chi connectivity index (χ1) is 15.3. The quantitative estimate of drug-likeness (QED) is 0.715. The molecule has 2 atom stereocenters. The minimum Gasteiger partial charge on any atom is -0.379 e. The fraction of sp³-hybridized carbons (Fsp3) is 0.435. The molecule has 2 heterocycles. The molecule has 0 unspecified atom stereocenters. The minimum atomic E-state index is -3.77. The Morgan fingerprint density at radius 1 is 1.19 bits per heavy atom. The van der Waals surface area contributed by atoms with Crippen molar-refractivity contribution in [2.45, 2.75) is 37.2 Å². The molecular formula is C23H28FN3O4S. The van der Waals surface area contributed by atoms with Crippen LogP contribution >= 0.6 is 0 Å². The number of hydrogen-bond donors (Lipinski definition) is 1. The maximum atomic E-state index is 13.4. The van der Waals surface area contributed by atoms with Gasteiger partial charge in [0.25, 0.3) is 0 Å². The second kappa shape index (κ2) is 9.27. The SMILES string of the molecule is CC(=O)N1c2ccc(S(=O)(=O)NC[C@H](c3ccc(F)cc3)N3CCOCC3)cc2C[C@@H]1C. The Balaban J connectivity index is 1.55. The topological polar surface area (TPSA) is 79.0 Å². The van der Waals surface area contributed by atoms with E-state index in [1.54, 1.807) is 29.2 Å². The molecule has 1 fully saturated rings. The van der Waals surface area contributed by atoms with Crippen molar-refractivity contribution in [3.63, 3.8) is 0 Å². The number of carbonyl (C=O) groups excluding carboxylic acids is 1. The van der Waals surface area contributed by atoms with Crippen LogP contribution in [0.1, 0.15) is 31.0 Å². The highest BCUT2D eigenvalue weighted by Crippen LogP contribution is 2.34. The van der Waals surface area contributed by atoms with E-state index in [1.165, 1.54) is 25.1 Å². The van der Waals surface area contributed by atoms with Crippen LogP contribution in [-0.4, -0.2) is 58.1 Å². The summed E-state index contributed by atoms with van der Waals surface area (Å²) in [6, 6.07) is 10.8. The predicted octanol–water partition coefficient (Wildman–Crippen LogP) is 2.48. The largest absolute Gasteiger partial charge is 0.379 e. The zero-order valence-electron chi connectivity index (χ0n) is 18.3. The summed E-state index contributed by atoms with van der Waals surface area (Å²) in [4.78, 5) is 16.0. The highest BCUT2D eigenvalue weighted by atomic mass is 32.2. The van der Waals surface area contributed by atoms with Gasteiger partial charge in [-0.25, -0.2) is 17.5 Å². The van der Waals surface area contributed by atoms with E-state index in [2.05, 4.69) is 9.62 Å². The van der Waals surface area contributed by atoms with E-state index in [9.17, 15) is 17.6 Å². The van der Waals surface area contributed by atoms with Gasteiger partial charge in [0.15, 0.2) is 0 Å². The summed E-state index contributed by atoms with van der Waals surface area (Å²) >= 11 is 0. The molecule has 1 amide bonds. The third-order valence-corrected chi connectivity index (χ3v) is 7.55. The summed E-state index contributed by atoms with van der Waals surface area (Å²) in [5, 5.41) is 0. The molecule has 0 spiro atoms. The van der Waals surface area contributed by atoms with E-state index < -0.39 is 10.0 Å². The van der Waals surface area contributed by atoms with Crippen molar-refractivity contribution in [3.8, 4) is 0 Å². The molecule has 1 saturated heterocycles. The first kappa shape index (κ1) is 22.8. The Bertz CT molecular complexity index is 1080. The zero-order chi connectivity index (χ0) is 22.9. The fourth-order valence-corrected chi connectivity index (χ4v) is 5.65. The van der Waals surface area contributed by atoms with Crippen LogP contribution in [0.25, 0.3) is 0 Å². The molecule has 2 aliphatic heterocycles. The van der Waals surface area contributed by atoms with E-state index in [1.807, 2.05) is 6.92 Å². The highest BCUT2D eigenvalue weighted by Gasteiger charge is 2.31. The number of carbonyl (C=O) groups is 1. The summed E-state index contributed by atoms with van der Waals surface area (Å²) < 4.78 is 47.8. The van der Waals surface area contributed by atoms with E-state index in [0.717, 1.165) is 16.8 Å². The Hall–Kier alpha value is -2.33. The van der Waals surface area contributed by atoms with E-state index in [-0.39, 0.29) is 35.2 Å². The number of benzene rings is 2. The molecule has 2 aromatic carbocycles. The number of halogens is 1. The predicted molar refractivity (Wildman–Crippen MR) is 119 cm³/mol. The average Bonchev–Trinajstić information content (AvgIpc) is 3.11. The lowest BCUT2D eigenvalue weighted by Gasteiger charge is -2.34. The molecule has 1 N–H and O–H groups in total. The number of sulfonamides is 1.